The third-order valence-corrected chi connectivity index (χ3v) is 7.05. The Morgan fingerprint density at radius 3 is 2.88 bits per heavy atom. The van der Waals surface area contributed by atoms with Crippen molar-refractivity contribution in [1.29, 1.82) is 0 Å². The molecule has 3 heterocycles. The number of carbonyl (C=O) groups is 1. The monoisotopic (exact) mass is 384 g/mol. The maximum atomic E-state index is 12.5. The minimum absolute atomic E-state index is 0.0577. The van der Waals surface area contributed by atoms with Gasteiger partial charge in [-0.3, -0.25) is 9.48 Å². The van der Waals surface area contributed by atoms with E-state index in [-0.39, 0.29) is 24.1 Å². The lowest BCUT2D eigenvalue weighted by molar-refractivity contribution is -0.122. The van der Waals surface area contributed by atoms with Gasteiger partial charge in [0.1, 0.15) is 0 Å². The van der Waals surface area contributed by atoms with Crippen molar-refractivity contribution in [3.05, 3.63) is 18.0 Å². The van der Waals surface area contributed by atoms with Crippen molar-refractivity contribution < 1.29 is 17.9 Å². The molecular weight excluding hydrogens is 356 g/mol. The van der Waals surface area contributed by atoms with Crippen molar-refractivity contribution in [3.8, 4) is 0 Å². The van der Waals surface area contributed by atoms with Gasteiger partial charge in [-0.05, 0) is 31.2 Å². The second-order valence-corrected chi connectivity index (χ2v) is 9.18. The molecule has 1 aromatic heterocycles. The Morgan fingerprint density at radius 2 is 2.15 bits per heavy atom. The van der Waals surface area contributed by atoms with Crippen molar-refractivity contribution in [1.82, 2.24) is 19.4 Å². The zero-order chi connectivity index (χ0) is 18.6. The first-order valence-corrected chi connectivity index (χ1v) is 10.9. The van der Waals surface area contributed by atoms with Crippen molar-refractivity contribution in [2.75, 3.05) is 32.1 Å². The van der Waals surface area contributed by atoms with Crippen LogP contribution in [0.4, 0.5) is 0 Å². The van der Waals surface area contributed by atoms with Crippen molar-refractivity contribution in [2.24, 2.45) is 5.92 Å². The van der Waals surface area contributed by atoms with Gasteiger partial charge in [0.2, 0.25) is 15.9 Å². The number of nitrogens with one attached hydrogen (secondary N) is 1. The molecule has 0 radical (unpaired) electrons. The van der Waals surface area contributed by atoms with E-state index in [1.807, 2.05) is 13.0 Å². The van der Waals surface area contributed by atoms with Crippen LogP contribution in [0, 0.1) is 5.92 Å². The van der Waals surface area contributed by atoms with Gasteiger partial charge in [-0.2, -0.15) is 9.40 Å². The summed E-state index contributed by atoms with van der Waals surface area (Å²) in [6, 6.07) is 1.55. The molecule has 0 spiro atoms. The fraction of sp³-hybridized carbons (Fsp3) is 0.765. The van der Waals surface area contributed by atoms with Crippen LogP contribution in [0.15, 0.2) is 12.3 Å². The quantitative estimate of drug-likeness (QED) is 0.754. The molecule has 1 fully saturated rings. The first-order chi connectivity index (χ1) is 12.5. The number of aromatic nitrogens is 2. The molecule has 9 heteroatoms. The normalized spacial score (nSPS) is 22.1. The van der Waals surface area contributed by atoms with Crippen LogP contribution in [0.5, 0.6) is 0 Å². The summed E-state index contributed by atoms with van der Waals surface area (Å²) in [7, 11) is -3.31. The molecule has 1 N–H and O–H groups in total. The minimum Gasteiger partial charge on any atom is -0.381 e. The number of rotatable bonds is 7. The lowest BCUT2D eigenvalue weighted by atomic mass is 10.0. The molecule has 2 aliphatic heterocycles. The number of sulfonamides is 1. The lowest BCUT2D eigenvalue weighted by Gasteiger charge is -2.33. The van der Waals surface area contributed by atoms with Crippen LogP contribution < -0.4 is 5.32 Å². The predicted octanol–water partition coefficient (Wildman–Crippen LogP) is 0.913. The summed E-state index contributed by atoms with van der Waals surface area (Å²) in [4.78, 5) is 12.4. The second kappa shape index (κ2) is 8.49. The molecule has 146 valence electrons. The maximum absolute atomic E-state index is 12.5. The van der Waals surface area contributed by atoms with E-state index in [0.29, 0.717) is 32.0 Å². The van der Waals surface area contributed by atoms with Crippen LogP contribution in [0.2, 0.25) is 0 Å². The summed E-state index contributed by atoms with van der Waals surface area (Å²) in [5.74, 6) is 0.530. The summed E-state index contributed by atoms with van der Waals surface area (Å²) in [5.41, 5.74) is 0.832. The minimum atomic E-state index is -3.31. The first kappa shape index (κ1) is 19.3. The summed E-state index contributed by atoms with van der Waals surface area (Å²) >= 11 is 0. The van der Waals surface area contributed by atoms with Gasteiger partial charge in [-0.25, -0.2) is 8.42 Å². The van der Waals surface area contributed by atoms with Gasteiger partial charge in [-0.1, -0.05) is 6.92 Å². The summed E-state index contributed by atoms with van der Waals surface area (Å²) in [5, 5.41) is 7.30. The Kier molecular flexibility index (Phi) is 6.31. The highest BCUT2D eigenvalue weighted by Crippen LogP contribution is 2.25. The molecule has 0 unspecified atom stereocenters. The van der Waals surface area contributed by atoms with E-state index < -0.39 is 10.0 Å². The molecular formula is C17H28N4O4S. The summed E-state index contributed by atoms with van der Waals surface area (Å²) in [6.45, 7) is 4.63. The van der Waals surface area contributed by atoms with E-state index in [1.54, 1.807) is 10.9 Å². The van der Waals surface area contributed by atoms with Crippen LogP contribution in [-0.4, -0.2) is 60.5 Å². The molecule has 1 aromatic rings. The molecule has 0 saturated carbocycles. The molecule has 1 amide bonds. The Labute approximate surface area is 154 Å². The number of fused-ring (bicyclic) bond motifs is 1. The fourth-order valence-electron chi connectivity index (χ4n) is 3.60. The number of carbonyl (C=O) groups excluding carboxylic acids is 1. The summed E-state index contributed by atoms with van der Waals surface area (Å²) in [6.07, 6.45) is 4.41. The molecule has 1 atom stereocenters. The Balaban J connectivity index is 1.61. The van der Waals surface area contributed by atoms with Gasteiger partial charge in [0, 0.05) is 32.5 Å². The molecule has 3 rings (SSSR count). The third kappa shape index (κ3) is 4.63. The van der Waals surface area contributed by atoms with E-state index >= 15 is 0 Å². The van der Waals surface area contributed by atoms with Crippen LogP contribution in [0.1, 0.15) is 44.3 Å². The second-order valence-electron chi connectivity index (χ2n) is 7.09. The average Bonchev–Trinajstić information content (AvgIpc) is 3.10. The van der Waals surface area contributed by atoms with Crippen molar-refractivity contribution in [2.45, 2.75) is 45.2 Å². The smallest absolute Gasteiger partial charge is 0.222 e. The number of hydrogen-bond donors (Lipinski definition) is 1. The first-order valence-electron chi connectivity index (χ1n) is 9.34. The van der Waals surface area contributed by atoms with E-state index in [4.69, 9.17) is 4.74 Å². The fourth-order valence-corrected chi connectivity index (χ4v) is 5.10. The zero-order valence-electron chi connectivity index (χ0n) is 15.3. The Bertz CT molecular complexity index is 712. The van der Waals surface area contributed by atoms with Gasteiger partial charge in [0.15, 0.2) is 0 Å². The van der Waals surface area contributed by atoms with Crippen molar-refractivity contribution in [3.63, 3.8) is 0 Å². The van der Waals surface area contributed by atoms with E-state index in [2.05, 4.69) is 10.4 Å². The number of nitrogens with zero attached hydrogens (tertiary/aromatic N) is 3. The van der Waals surface area contributed by atoms with Crippen molar-refractivity contribution >= 4 is 15.9 Å². The third-order valence-electron chi connectivity index (χ3n) is 5.06. The maximum Gasteiger partial charge on any atom is 0.222 e. The highest BCUT2D eigenvalue weighted by Gasteiger charge is 2.33. The predicted molar refractivity (Wildman–Crippen MR) is 96.9 cm³/mol. The van der Waals surface area contributed by atoms with Gasteiger partial charge < -0.3 is 10.1 Å². The molecule has 26 heavy (non-hydrogen) atoms. The SMILES string of the molecule is CCCS(=O)(=O)N1Cc2ccnn2[C@H](CC(=O)NCC2CCOCC2)C1. The topological polar surface area (TPSA) is 93.5 Å². The zero-order valence-corrected chi connectivity index (χ0v) is 16.1. The highest BCUT2D eigenvalue weighted by molar-refractivity contribution is 7.89. The van der Waals surface area contributed by atoms with Crippen LogP contribution in [0.3, 0.4) is 0 Å². The van der Waals surface area contributed by atoms with Gasteiger partial charge in [0.25, 0.3) is 0 Å². The van der Waals surface area contributed by atoms with E-state index in [0.717, 1.165) is 31.7 Å². The van der Waals surface area contributed by atoms with E-state index in [9.17, 15) is 13.2 Å². The van der Waals surface area contributed by atoms with Crippen LogP contribution in [-0.2, 0) is 26.1 Å². The number of ether oxygens (including phenoxy) is 1. The largest absolute Gasteiger partial charge is 0.381 e. The Morgan fingerprint density at radius 1 is 1.38 bits per heavy atom. The number of hydrogen-bond acceptors (Lipinski definition) is 5. The van der Waals surface area contributed by atoms with Crippen LogP contribution in [0.25, 0.3) is 0 Å². The highest BCUT2D eigenvalue weighted by atomic mass is 32.2. The summed E-state index contributed by atoms with van der Waals surface area (Å²) < 4.78 is 33.6. The molecule has 2 aliphatic rings. The van der Waals surface area contributed by atoms with Gasteiger partial charge in [0.05, 0.1) is 30.5 Å². The van der Waals surface area contributed by atoms with Gasteiger partial charge >= 0.3 is 0 Å². The average molecular weight is 385 g/mol. The number of amides is 1. The molecule has 0 aliphatic carbocycles. The van der Waals surface area contributed by atoms with Crippen LogP contribution >= 0.6 is 0 Å². The standard InChI is InChI=1S/C17H28N4O4S/c1-2-9-26(23,24)20-12-15-3-6-19-21(15)16(13-20)10-17(22)18-11-14-4-7-25-8-5-14/h3,6,14,16H,2,4-5,7-13H2,1H3,(H,18,22)/t16-/m1/s1. The van der Waals surface area contributed by atoms with E-state index in [1.165, 1.54) is 4.31 Å². The lowest BCUT2D eigenvalue weighted by Crippen LogP contribution is -2.44. The molecule has 0 aromatic carbocycles. The molecule has 8 nitrogen and oxygen atoms in total. The molecule has 0 bridgehead atoms. The Hall–Kier alpha value is -1.45. The van der Waals surface area contributed by atoms with Gasteiger partial charge in [-0.15, -0.1) is 0 Å². The molecule has 1 saturated heterocycles.